The molecule has 0 aromatic carbocycles. The van der Waals surface area contributed by atoms with Crippen LogP contribution in [0.25, 0.3) is 0 Å². The van der Waals surface area contributed by atoms with Gasteiger partial charge in [-0.3, -0.25) is 4.18 Å². The smallest absolute Gasteiger partial charge is 0.377 e. The fourth-order valence-electron chi connectivity index (χ4n) is 0.786. The van der Waals surface area contributed by atoms with Crippen LogP contribution in [0.1, 0.15) is 0 Å². The molecule has 0 saturated carbocycles. The van der Waals surface area contributed by atoms with Crippen molar-refractivity contribution >= 4 is 20.2 Å². The highest BCUT2D eigenvalue weighted by Gasteiger charge is 2.08. The van der Waals surface area contributed by atoms with Gasteiger partial charge in [-0.05, 0) is 0 Å². The van der Waals surface area contributed by atoms with Crippen LogP contribution < -0.4 is 0 Å². The van der Waals surface area contributed by atoms with Crippen LogP contribution in [0.2, 0.25) is 0 Å². The predicted octanol–water partition coefficient (Wildman–Crippen LogP) is -0.866. The van der Waals surface area contributed by atoms with Crippen LogP contribution in [-0.4, -0.2) is 62.7 Å². The Hall–Kier alpha value is -0.390. The van der Waals surface area contributed by atoms with Crippen molar-refractivity contribution in [3.63, 3.8) is 0 Å². The summed E-state index contributed by atoms with van der Waals surface area (Å²) in [6, 6.07) is 0. The zero-order chi connectivity index (χ0) is 14.1. The molecule has 108 valence electrons. The van der Waals surface area contributed by atoms with Crippen LogP contribution in [0, 0.1) is 6.26 Å². The molecule has 0 radical (unpaired) electrons. The van der Waals surface area contributed by atoms with E-state index in [4.69, 9.17) is 9.47 Å². The van der Waals surface area contributed by atoms with E-state index in [0.717, 1.165) is 6.26 Å². The third kappa shape index (κ3) is 15.6. The van der Waals surface area contributed by atoms with Crippen LogP contribution in [0.3, 0.4) is 0 Å². The number of ether oxygens (including phenoxy) is 2. The quantitative estimate of drug-likeness (QED) is 0.276. The van der Waals surface area contributed by atoms with E-state index < -0.39 is 20.2 Å². The highest BCUT2D eigenvalue weighted by molar-refractivity contribution is 7.87. The van der Waals surface area contributed by atoms with Gasteiger partial charge in [0.25, 0.3) is 10.1 Å². The number of hydrogen-bond donors (Lipinski definition) is 0. The molecule has 0 N–H and O–H groups in total. The first-order chi connectivity index (χ1) is 8.21. The van der Waals surface area contributed by atoms with Gasteiger partial charge in [0.2, 0.25) is 6.26 Å². The largest absolute Gasteiger partial charge is 0.421 e. The molecule has 0 aliphatic heterocycles. The lowest BCUT2D eigenvalue weighted by molar-refractivity contribution is 0.0288. The molecular weight excluding hydrogens is 288 g/mol. The molecule has 0 fully saturated rings. The number of hydrogen-bond acceptors (Lipinski definition) is 8. The van der Waals surface area contributed by atoms with E-state index in [1.807, 2.05) is 0 Å². The molecule has 0 aliphatic carbocycles. The maximum absolute atomic E-state index is 10.5. The molecule has 0 rings (SSSR count). The van der Waals surface area contributed by atoms with Gasteiger partial charge in [0.05, 0.1) is 45.9 Å². The lowest BCUT2D eigenvalue weighted by Gasteiger charge is -2.05. The molecule has 0 aromatic heterocycles. The van der Waals surface area contributed by atoms with Gasteiger partial charge in [-0.1, -0.05) is 0 Å². The van der Waals surface area contributed by atoms with Gasteiger partial charge in [0.15, 0.2) is 0 Å². The molecule has 0 aromatic rings. The van der Waals surface area contributed by atoms with Crippen molar-refractivity contribution in [3.05, 3.63) is 6.26 Å². The Balaban J connectivity index is 3.22. The van der Waals surface area contributed by atoms with Gasteiger partial charge >= 0.3 is 10.1 Å². The zero-order valence-electron chi connectivity index (χ0n) is 10.0. The molecule has 8 nitrogen and oxygen atoms in total. The molecule has 10 heteroatoms. The van der Waals surface area contributed by atoms with E-state index in [-0.39, 0.29) is 39.6 Å². The molecule has 18 heavy (non-hydrogen) atoms. The van der Waals surface area contributed by atoms with Crippen molar-refractivity contribution in [3.8, 4) is 0 Å². The van der Waals surface area contributed by atoms with Crippen LogP contribution in [0.4, 0.5) is 0 Å². The summed E-state index contributed by atoms with van der Waals surface area (Å²) in [6.07, 6.45) is 3.72. The third-order valence-electron chi connectivity index (χ3n) is 1.39. The highest BCUT2D eigenvalue weighted by atomic mass is 32.2. The summed E-state index contributed by atoms with van der Waals surface area (Å²) in [5.41, 5.74) is 0. The Morgan fingerprint density at radius 2 is 1.17 bits per heavy atom. The van der Waals surface area contributed by atoms with E-state index in [9.17, 15) is 16.8 Å². The van der Waals surface area contributed by atoms with Crippen LogP contribution in [0.5, 0.6) is 0 Å². The maximum Gasteiger partial charge on any atom is 0.421 e. The van der Waals surface area contributed by atoms with Gasteiger partial charge in [0, 0.05) is 0 Å². The minimum Gasteiger partial charge on any atom is -0.377 e. The number of rotatable bonds is 11. The average molecular weight is 305 g/mol. The maximum atomic E-state index is 10.5. The van der Waals surface area contributed by atoms with Crippen molar-refractivity contribution < 1.29 is 34.7 Å². The average Bonchev–Trinajstić information content (AvgIpc) is 2.17. The van der Waals surface area contributed by atoms with Gasteiger partial charge in [-0.2, -0.15) is 16.8 Å². The highest BCUT2D eigenvalue weighted by Crippen LogP contribution is 1.89. The van der Waals surface area contributed by atoms with Crippen LogP contribution >= 0.6 is 0 Å². The van der Waals surface area contributed by atoms with Crippen molar-refractivity contribution in [2.45, 2.75) is 0 Å². The Kier molecular flexibility index (Phi) is 8.48. The van der Waals surface area contributed by atoms with E-state index in [0.29, 0.717) is 0 Å². The first kappa shape index (κ1) is 17.6. The molecule has 0 saturated heterocycles. The first-order valence-electron chi connectivity index (χ1n) is 4.93. The van der Waals surface area contributed by atoms with Gasteiger partial charge in [-0.15, -0.1) is 0 Å². The third-order valence-corrected chi connectivity index (χ3v) is 2.51. The van der Waals surface area contributed by atoms with E-state index in [2.05, 4.69) is 14.6 Å². The summed E-state index contributed by atoms with van der Waals surface area (Å²) in [5, 5.41) is 0. The summed E-state index contributed by atoms with van der Waals surface area (Å²) in [6.45, 7) is 0.534. The first-order valence-corrected chi connectivity index (χ1v) is 8.32. The lowest BCUT2D eigenvalue weighted by atomic mass is 10.7. The SMILES string of the molecule is [CH2+]S(=O)(=O)OCCOCCOCCOS(C)(=O)=O. The molecule has 0 heterocycles. The van der Waals surface area contributed by atoms with Crippen molar-refractivity contribution in [2.24, 2.45) is 0 Å². The second kappa shape index (κ2) is 8.67. The normalized spacial score (nSPS) is 12.7. The van der Waals surface area contributed by atoms with Crippen molar-refractivity contribution in [1.82, 2.24) is 0 Å². The Morgan fingerprint density at radius 3 is 1.56 bits per heavy atom. The Labute approximate surface area is 107 Å². The Bertz CT molecular complexity index is 359. The van der Waals surface area contributed by atoms with Crippen molar-refractivity contribution in [2.75, 3.05) is 45.9 Å². The molecule has 0 aliphatic rings. The van der Waals surface area contributed by atoms with Gasteiger partial charge in [-0.25, -0.2) is 4.18 Å². The summed E-state index contributed by atoms with van der Waals surface area (Å²) >= 11 is 0. The van der Waals surface area contributed by atoms with Gasteiger partial charge in [0.1, 0.15) is 0 Å². The van der Waals surface area contributed by atoms with Gasteiger partial charge < -0.3 is 9.47 Å². The Morgan fingerprint density at radius 1 is 0.778 bits per heavy atom. The summed E-state index contributed by atoms with van der Waals surface area (Å²) in [7, 11) is -7.11. The fraction of sp³-hybridized carbons (Fsp3) is 0.875. The lowest BCUT2D eigenvalue weighted by Crippen LogP contribution is -2.14. The second-order valence-electron chi connectivity index (χ2n) is 3.13. The minimum atomic E-state index is -3.68. The standard InChI is InChI=1S/C8H17O8S2/c1-17(9,10)15-7-5-13-3-4-14-6-8-16-18(2,11)12/h1,3-8H2,2H3/q+1. The summed E-state index contributed by atoms with van der Waals surface area (Å²) in [4.78, 5) is 0. The zero-order valence-corrected chi connectivity index (χ0v) is 11.7. The van der Waals surface area contributed by atoms with Crippen molar-refractivity contribution in [1.29, 1.82) is 0 Å². The van der Waals surface area contributed by atoms with Crippen LogP contribution in [0.15, 0.2) is 0 Å². The molecular formula is C8H17O8S2+. The molecule has 0 unspecified atom stereocenters. The molecule has 0 amide bonds. The topological polar surface area (TPSA) is 105 Å². The molecule has 0 atom stereocenters. The van der Waals surface area contributed by atoms with Crippen LogP contribution in [-0.2, 0) is 38.1 Å². The van der Waals surface area contributed by atoms with E-state index >= 15 is 0 Å². The van der Waals surface area contributed by atoms with E-state index in [1.165, 1.54) is 0 Å². The second-order valence-corrected chi connectivity index (χ2v) is 6.13. The molecule has 0 spiro atoms. The minimum absolute atomic E-state index is 0.0539. The monoisotopic (exact) mass is 305 g/mol. The van der Waals surface area contributed by atoms with E-state index in [1.54, 1.807) is 0 Å². The summed E-state index contributed by atoms with van der Waals surface area (Å²) < 4.78 is 60.7. The summed E-state index contributed by atoms with van der Waals surface area (Å²) in [5.74, 6) is 0. The predicted molar refractivity (Wildman–Crippen MR) is 62.7 cm³/mol. The fourth-order valence-corrected chi connectivity index (χ4v) is 1.48. The molecule has 0 bridgehead atoms.